The van der Waals surface area contributed by atoms with Gasteiger partial charge < -0.3 is 9.47 Å². The first-order valence-corrected chi connectivity index (χ1v) is 4.52. The summed E-state index contributed by atoms with van der Waals surface area (Å²) >= 11 is 2.29. The minimum atomic E-state index is 0.332. The van der Waals surface area contributed by atoms with Crippen LogP contribution in [0.1, 0.15) is 6.42 Å². The lowest BCUT2D eigenvalue weighted by atomic mass is 10.5. The van der Waals surface area contributed by atoms with Crippen LogP contribution >= 0.6 is 22.6 Å². The van der Waals surface area contributed by atoms with Gasteiger partial charge in [-0.2, -0.15) is 0 Å². The lowest BCUT2D eigenvalue weighted by molar-refractivity contribution is -0.0166. The Hall–Kier alpha value is 0.210. The largest absolute Gasteiger partial charge is 0.359 e. The number of hydrogen-bond donors (Lipinski definition) is 0. The van der Waals surface area contributed by atoms with Crippen molar-refractivity contribution < 1.29 is 9.47 Å². The molecule has 58 valence electrons. The van der Waals surface area contributed by atoms with E-state index in [-0.39, 0.29) is 0 Å². The molecule has 0 saturated carbocycles. The summed E-state index contributed by atoms with van der Waals surface area (Å²) in [5.41, 5.74) is 0. The molecule has 10 heavy (non-hydrogen) atoms. The van der Waals surface area contributed by atoms with Crippen molar-refractivity contribution in [2.45, 2.75) is 6.42 Å². The minimum absolute atomic E-state index is 0.332. The van der Waals surface area contributed by atoms with Gasteiger partial charge in [0.2, 0.25) is 0 Å². The van der Waals surface area contributed by atoms with E-state index in [1.165, 1.54) is 0 Å². The number of halogens is 1. The van der Waals surface area contributed by atoms with Crippen LogP contribution in [0.2, 0.25) is 0 Å². The van der Waals surface area contributed by atoms with E-state index in [0.717, 1.165) is 10.8 Å². The number of rotatable bonds is 4. The molecule has 3 heteroatoms. The standard InChI is InChI=1S/C7H11IO2/c1-9-7-10-6-4-2-3-5-8/h3,5-7H2,1H3. The monoisotopic (exact) mass is 254 g/mol. The second-order valence-corrected chi connectivity index (χ2v) is 2.63. The van der Waals surface area contributed by atoms with Crippen LogP contribution in [0.25, 0.3) is 0 Å². The van der Waals surface area contributed by atoms with Crippen molar-refractivity contribution in [1.82, 2.24) is 0 Å². The van der Waals surface area contributed by atoms with Gasteiger partial charge in [-0.1, -0.05) is 28.5 Å². The van der Waals surface area contributed by atoms with Crippen molar-refractivity contribution in [2.24, 2.45) is 0 Å². The van der Waals surface area contributed by atoms with Gasteiger partial charge in [0.25, 0.3) is 0 Å². The van der Waals surface area contributed by atoms with Gasteiger partial charge in [0.15, 0.2) is 0 Å². The van der Waals surface area contributed by atoms with Gasteiger partial charge in [-0.05, 0) is 0 Å². The summed E-state index contributed by atoms with van der Waals surface area (Å²) in [5.74, 6) is 5.82. The second kappa shape index (κ2) is 9.21. The topological polar surface area (TPSA) is 18.5 Å². The van der Waals surface area contributed by atoms with Crippen molar-refractivity contribution in [1.29, 1.82) is 0 Å². The third-order valence-electron chi connectivity index (χ3n) is 0.720. The first-order valence-electron chi connectivity index (χ1n) is 3.00. The van der Waals surface area contributed by atoms with Crippen LogP contribution in [0.5, 0.6) is 0 Å². The van der Waals surface area contributed by atoms with Crippen LogP contribution in [-0.4, -0.2) is 24.9 Å². The summed E-state index contributed by atoms with van der Waals surface area (Å²) < 4.78 is 10.7. The molecule has 0 radical (unpaired) electrons. The molecule has 0 bridgehead atoms. The van der Waals surface area contributed by atoms with Crippen molar-refractivity contribution in [3.8, 4) is 11.8 Å². The van der Waals surface area contributed by atoms with Crippen molar-refractivity contribution in [2.75, 3.05) is 24.9 Å². The molecular formula is C7H11IO2. The fourth-order valence-electron chi connectivity index (χ4n) is 0.363. The molecule has 0 atom stereocenters. The Morgan fingerprint density at radius 1 is 1.40 bits per heavy atom. The summed E-state index contributed by atoms with van der Waals surface area (Å²) in [4.78, 5) is 0. The molecule has 0 unspecified atom stereocenters. The lowest BCUT2D eigenvalue weighted by Gasteiger charge is -1.93. The van der Waals surface area contributed by atoms with Gasteiger partial charge in [0, 0.05) is 18.0 Å². The third kappa shape index (κ3) is 8.21. The molecule has 0 heterocycles. The molecule has 0 amide bonds. The van der Waals surface area contributed by atoms with E-state index >= 15 is 0 Å². The maximum absolute atomic E-state index is 4.93. The zero-order chi connectivity index (χ0) is 7.66. The summed E-state index contributed by atoms with van der Waals surface area (Å²) in [6, 6.07) is 0. The Morgan fingerprint density at radius 3 is 2.80 bits per heavy atom. The van der Waals surface area contributed by atoms with E-state index in [9.17, 15) is 0 Å². The fraction of sp³-hybridized carbons (Fsp3) is 0.714. The predicted molar refractivity (Wildman–Crippen MR) is 49.1 cm³/mol. The van der Waals surface area contributed by atoms with E-state index in [4.69, 9.17) is 4.74 Å². The molecule has 2 nitrogen and oxygen atoms in total. The van der Waals surface area contributed by atoms with Crippen LogP contribution < -0.4 is 0 Å². The molecule has 0 aliphatic rings. The number of methoxy groups -OCH3 is 1. The molecule has 0 aromatic heterocycles. The fourth-order valence-corrected chi connectivity index (χ4v) is 0.632. The molecule has 0 aliphatic carbocycles. The molecule has 0 spiro atoms. The normalized spacial score (nSPS) is 8.60. The molecule has 0 aromatic carbocycles. The van der Waals surface area contributed by atoms with Gasteiger partial charge in [-0.15, -0.1) is 5.92 Å². The Bertz CT molecular complexity index is 115. The molecule has 0 rings (SSSR count). The zero-order valence-electron chi connectivity index (χ0n) is 6.02. The van der Waals surface area contributed by atoms with E-state index < -0.39 is 0 Å². The maximum Gasteiger partial charge on any atom is 0.147 e. The van der Waals surface area contributed by atoms with Gasteiger partial charge in [0.1, 0.15) is 13.4 Å². The predicted octanol–water partition coefficient (Wildman–Crippen LogP) is 1.44. The van der Waals surface area contributed by atoms with Crippen LogP contribution in [0.3, 0.4) is 0 Å². The summed E-state index contributed by atoms with van der Waals surface area (Å²) in [7, 11) is 1.60. The third-order valence-corrected chi connectivity index (χ3v) is 1.26. The smallest absolute Gasteiger partial charge is 0.147 e. The van der Waals surface area contributed by atoms with E-state index in [0.29, 0.717) is 13.4 Å². The van der Waals surface area contributed by atoms with E-state index in [1.807, 2.05) is 0 Å². The minimum Gasteiger partial charge on any atom is -0.359 e. The Kier molecular flexibility index (Phi) is 9.40. The van der Waals surface area contributed by atoms with Crippen molar-refractivity contribution >= 4 is 22.6 Å². The van der Waals surface area contributed by atoms with Gasteiger partial charge in [-0.25, -0.2) is 0 Å². The zero-order valence-corrected chi connectivity index (χ0v) is 8.18. The number of ether oxygens (including phenoxy) is 2. The molecular weight excluding hydrogens is 243 g/mol. The summed E-state index contributed by atoms with van der Waals surface area (Å²) in [5, 5.41) is 0. The first-order chi connectivity index (χ1) is 4.91. The average Bonchev–Trinajstić information content (AvgIpc) is 1.97. The number of alkyl halides is 1. The molecule has 0 fully saturated rings. The van der Waals surface area contributed by atoms with E-state index in [2.05, 4.69) is 39.2 Å². The molecule has 0 N–H and O–H groups in total. The van der Waals surface area contributed by atoms with Crippen LogP contribution in [0.15, 0.2) is 0 Å². The highest BCUT2D eigenvalue weighted by Crippen LogP contribution is 1.84. The Labute approximate surface area is 75.4 Å². The molecule has 0 saturated heterocycles. The number of hydrogen-bond acceptors (Lipinski definition) is 2. The highest BCUT2D eigenvalue weighted by atomic mass is 127. The first kappa shape index (κ1) is 10.2. The van der Waals surface area contributed by atoms with Crippen LogP contribution in [0.4, 0.5) is 0 Å². The van der Waals surface area contributed by atoms with Crippen LogP contribution in [-0.2, 0) is 9.47 Å². The van der Waals surface area contributed by atoms with Gasteiger partial charge >= 0.3 is 0 Å². The molecule has 0 aromatic rings. The van der Waals surface area contributed by atoms with Crippen molar-refractivity contribution in [3.05, 3.63) is 0 Å². The van der Waals surface area contributed by atoms with E-state index in [1.54, 1.807) is 7.11 Å². The Balaban J connectivity index is 2.96. The van der Waals surface area contributed by atoms with Gasteiger partial charge in [-0.3, -0.25) is 0 Å². The summed E-state index contributed by atoms with van der Waals surface area (Å²) in [6.45, 7) is 0.809. The Morgan fingerprint density at radius 2 is 2.20 bits per heavy atom. The quantitative estimate of drug-likeness (QED) is 0.248. The highest BCUT2D eigenvalue weighted by Gasteiger charge is 1.77. The lowest BCUT2D eigenvalue weighted by Crippen LogP contribution is -1.95. The average molecular weight is 254 g/mol. The SMILES string of the molecule is COCOCC#CCCI. The summed E-state index contributed by atoms with van der Waals surface area (Å²) in [6.07, 6.45) is 0.941. The maximum atomic E-state index is 4.93. The molecule has 0 aliphatic heterocycles. The van der Waals surface area contributed by atoms with Crippen molar-refractivity contribution in [3.63, 3.8) is 0 Å². The van der Waals surface area contributed by atoms with Crippen LogP contribution in [0, 0.1) is 11.8 Å². The second-order valence-electron chi connectivity index (χ2n) is 1.55. The van der Waals surface area contributed by atoms with Gasteiger partial charge in [0.05, 0.1) is 0 Å². The highest BCUT2D eigenvalue weighted by molar-refractivity contribution is 14.1.